The third-order valence-corrected chi connectivity index (χ3v) is 3.81. The predicted molar refractivity (Wildman–Crippen MR) is 85.1 cm³/mol. The number of benzene rings is 1. The third kappa shape index (κ3) is 3.03. The van der Waals surface area contributed by atoms with Gasteiger partial charge in [-0.15, -0.1) is 0 Å². The maximum atomic E-state index is 5.88. The van der Waals surface area contributed by atoms with Crippen molar-refractivity contribution in [2.24, 2.45) is 0 Å². The summed E-state index contributed by atoms with van der Waals surface area (Å²) in [4.78, 5) is 4.52. The molecular weight excluding hydrogens is 332 g/mol. The number of alkyl halides is 1. The highest BCUT2D eigenvalue weighted by Gasteiger charge is 2.07. The fourth-order valence-electron chi connectivity index (χ4n) is 2.14. The number of imidazole rings is 1. The van der Waals surface area contributed by atoms with E-state index in [1.807, 2.05) is 53.2 Å². The van der Waals surface area contributed by atoms with Crippen molar-refractivity contribution in [1.29, 1.82) is 0 Å². The number of methoxy groups -OCH3 is 1. The molecule has 0 aliphatic heterocycles. The van der Waals surface area contributed by atoms with E-state index >= 15 is 0 Å². The minimum Gasteiger partial charge on any atom is -0.497 e. The third-order valence-electron chi connectivity index (χ3n) is 3.20. The molecule has 0 radical (unpaired) electrons. The molecule has 0 saturated carbocycles. The van der Waals surface area contributed by atoms with Gasteiger partial charge in [0.1, 0.15) is 23.8 Å². The Labute approximate surface area is 131 Å². The molecule has 0 spiro atoms. The summed E-state index contributed by atoms with van der Waals surface area (Å²) >= 11 is 3.47. The lowest BCUT2D eigenvalue weighted by atomic mass is 10.2. The first-order valence-electron chi connectivity index (χ1n) is 6.58. The van der Waals surface area contributed by atoms with Gasteiger partial charge in [0.05, 0.1) is 12.8 Å². The monoisotopic (exact) mass is 346 g/mol. The SMILES string of the molecule is COc1ccc(OCc2cn3ccccc3n2)c(CBr)c1. The van der Waals surface area contributed by atoms with Gasteiger partial charge in [0.15, 0.2) is 0 Å². The van der Waals surface area contributed by atoms with E-state index < -0.39 is 0 Å². The second-order valence-electron chi connectivity index (χ2n) is 4.59. The number of rotatable bonds is 5. The molecule has 2 heterocycles. The molecule has 0 atom stereocenters. The van der Waals surface area contributed by atoms with E-state index in [4.69, 9.17) is 9.47 Å². The number of halogens is 1. The molecule has 0 N–H and O–H groups in total. The van der Waals surface area contributed by atoms with Crippen LogP contribution in [0, 0.1) is 0 Å². The molecule has 108 valence electrons. The van der Waals surface area contributed by atoms with Crippen LogP contribution in [0.4, 0.5) is 0 Å². The number of hydrogen-bond donors (Lipinski definition) is 0. The quantitative estimate of drug-likeness (QED) is 0.659. The van der Waals surface area contributed by atoms with E-state index in [1.54, 1.807) is 7.11 Å². The summed E-state index contributed by atoms with van der Waals surface area (Å²) in [7, 11) is 1.66. The van der Waals surface area contributed by atoms with Crippen molar-refractivity contribution >= 4 is 21.6 Å². The van der Waals surface area contributed by atoms with E-state index in [0.29, 0.717) is 11.9 Å². The van der Waals surface area contributed by atoms with E-state index in [-0.39, 0.29) is 0 Å². The fraction of sp³-hybridized carbons (Fsp3) is 0.188. The van der Waals surface area contributed by atoms with Crippen LogP contribution >= 0.6 is 15.9 Å². The van der Waals surface area contributed by atoms with Crippen LogP contribution in [-0.2, 0) is 11.9 Å². The molecule has 0 aliphatic carbocycles. The second kappa shape index (κ2) is 6.18. The lowest BCUT2D eigenvalue weighted by Gasteiger charge is -2.10. The Bertz CT molecular complexity index is 722. The smallest absolute Gasteiger partial charge is 0.137 e. The Morgan fingerprint density at radius 2 is 2.14 bits per heavy atom. The average molecular weight is 347 g/mol. The van der Waals surface area contributed by atoms with Gasteiger partial charge in [-0.25, -0.2) is 4.98 Å². The van der Waals surface area contributed by atoms with Crippen LogP contribution in [0.15, 0.2) is 48.8 Å². The summed E-state index contributed by atoms with van der Waals surface area (Å²) in [6.07, 6.45) is 3.95. The van der Waals surface area contributed by atoms with Crippen LogP contribution in [-0.4, -0.2) is 16.5 Å². The Morgan fingerprint density at radius 3 is 2.90 bits per heavy atom. The molecule has 1 aromatic carbocycles. The van der Waals surface area contributed by atoms with Crippen molar-refractivity contribution in [3.63, 3.8) is 0 Å². The largest absolute Gasteiger partial charge is 0.497 e. The van der Waals surface area contributed by atoms with Crippen molar-refractivity contribution in [2.75, 3.05) is 7.11 Å². The summed E-state index contributed by atoms with van der Waals surface area (Å²) in [6, 6.07) is 11.7. The summed E-state index contributed by atoms with van der Waals surface area (Å²) in [6.45, 7) is 0.439. The van der Waals surface area contributed by atoms with Crippen molar-refractivity contribution in [3.05, 3.63) is 60.0 Å². The van der Waals surface area contributed by atoms with E-state index in [0.717, 1.165) is 28.4 Å². The molecule has 0 saturated heterocycles. The number of pyridine rings is 1. The van der Waals surface area contributed by atoms with Gasteiger partial charge in [-0.05, 0) is 30.3 Å². The van der Waals surface area contributed by atoms with E-state index in [9.17, 15) is 0 Å². The zero-order valence-electron chi connectivity index (χ0n) is 11.6. The van der Waals surface area contributed by atoms with Crippen LogP contribution in [0.25, 0.3) is 5.65 Å². The number of fused-ring (bicyclic) bond motifs is 1. The topological polar surface area (TPSA) is 35.8 Å². The molecule has 21 heavy (non-hydrogen) atoms. The van der Waals surface area contributed by atoms with Crippen molar-refractivity contribution < 1.29 is 9.47 Å². The Morgan fingerprint density at radius 1 is 1.24 bits per heavy atom. The molecule has 0 unspecified atom stereocenters. The summed E-state index contributed by atoms with van der Waals surface area (Å²) in [5.41, 5.74) is 2.88. The first kappa shape index (κ1) is 13.9. The number of hydrogen-bond acceptors (Lipinski definition) is 3. The Hall–Kier alpha value is -2.01. The van der Waals surface area contributed by atoms with Crippen molar-refractivity contribution in [2.45, 2.75) is 11.9 Å². The molecule has 0 aliphatic rings. The molecule has 0 amide bonds. The van der Waals surface area contributed by atoms with Crippen LogP contribution in [0.1, 0.15) is 11.3 Å². The first-order valence-corrected chi connectivity index (χ1v) is 7.70. The van der Waals surface area contributed by atoms with Gasteiger partial charge in [0.2, 0.25) is 0 Å². The maximum Gasteiger partial charge on any atom is 0.137 e. The zero-order valence-corrected chi connectivity index (χ0v) is 13.2. The number of nitrogens with zero attached hydrogens (tertiary/aromatic N) is 2. The molecule has 4 nitrogen and oxygen atoms in total. The molecule has 3 rings (SSSR count). The lowest BCUT2D eigenvalue weighted by molar-refractivity contribution is 0.299. The highest BCUT2D eigenvalue weighted by atomic mass is 79.9. The van der Waals surface area contributed by atoms with Gasteiger partial charge < -0.3 is 13.9 Å². The molecule has 5 heteroatoms. The predicted octanol–water partition coefficient (Wildman–Crippen LogP) is 3.82. The van der Waals surface area contributed by atoms with Gasteiger partial charge in [-0.2, -0.15) is 0 Å². The molecule has 0 fully saturated rings. The van der Waals surface area contributed by atoms with Gasteiger partial charge >= 0.3 is 0 Å². The minimum atomic E-state index is 0.439. The molecular formula is C16H15BrN2O2. The van der Waals surface area contributed by atoms with Gasteiger partial charge in [0.25, 0.3) is 0 Å². The summed E-state index contributed by atoms with van der Waals surface area (Å²) in [5, 5.41) is 0.713. The van der Waals surface area contributed by atoms with Gasteiger partial charge in [-0.1, -0.05) is 22.0 Å². The van der Waals surface area contributed by atoms with Crippen LogP contribution in [0.2, 0.25) is 0 Å². The normalized spacial score (nSPS) is 10.8. The average Bonchev–Trinajstić information content (AvgIpc) is 2.95. The standard InChI is InChI=1S/C16H15BrN2O2/c1-20-14-5-6-15(12(8-14)9-17)21-11-13-10-19-7-3-2-4-16(19)18-13/h2-8,10H,9,11H2,1H3. The summed E-state index contributed by atoms with van der Waals surface area (Å²) in [5.74, 6) is 1.66. The van der Waals surface area contributed by atoms with Crippen molar-refractivity contribution in [3.8, 4) is 11.5 Å². The highest BCUT2D eigenvalue weighted by Crippen LogP contribution is 2.26. The minimum absolute atomic E-state index is 0.439. The highest BCUT2D eigenvalue weighted by molar-refractivity contribution is 9.08. The second-order valence-corrected chi connectivity index (χ2v) is 5.16. The fourth-order valence-corrected chi connectivity index (χ4v) is 2.57. The number of ether oxygens (including phenoxy) is 2. The van der Waals surface area contributed by atoms with Crippen LogP contribution < -0.4 is 9.47 Å². The van der Waals surface area contributed by atoms with Crippen molar-refractivity contribution in [1.82, 2.24) is 9.38 Å². The Kier molecular flexibility index (Phi) is 4.10. The number of aromatic nitrogens is 2. The molecule has 2 aromatic heterocycles. The Balaban J connectivity index is 1.77. The van der Waals surface area contributed by atoms with E-state index in [1.165, 1.54) is 0 Å². The van der Waals surface area contributed by atoms with Crippen LogP contribution in [0.3, 0.4) is 0 Å². The lowest BCUT2D eigenvalue weighted by Crippen LogP contribution is -1.98. The van der Waals surface area contributed by atoms with Crippen LogP contribution in [0.5, 0.6) is 11.5 Å². The summed E-state index contributed by atoms with van der Waals surface area (Å²) < 4.78 is 13.1. The molecule has 0 bridgehead atoms. The first-order chi connectivity index (χ1) is 10.3. The van der Waals surface area contributed by atoms with E-state index in [2.05, 4.69) is 20.9 Å². The maximum absolute atomic E-state index is 5.88. The molecule has 3 aromatic rings. The zero-order chi connectivity index (χ0) is 14.7. The van der Waals surface area contributed by atoms with Gasteiger partial charge in [0, 0.05) is 23.3 Å². The van der Waals surface area contributed by atoms with Gasteiger partial charge in [-0.3, -0.25) is 0 Å².